The largest absolute Gasteiger partial charge is 0.329 e. The second kappa shape index (κ2) is 5.38. The average Bonchev–Trinajstić information content (AvgIpc) is 2.92. The van der Waals surface area contributed by atoms with Gasteiger partial charge in [0.05, 0.1) is 0 Å². The fraction of sp³-hybridized carbons (Fsp3) is 0.875. The van der Waals surface area contributed by atoms with E-state index in [1.54, 1.807) is 0 Å². The molecule has 0 aromatic carbocycles. The van der Waals surface area contributed by atoms with E-state index < -0.39 is 0 Å². The molecule has 3 fully saturated rings. The van der Waals surface area contributed by atoms with E-state index in [0.29, 0.717) is 12.0 Å². The summed E-state index contributed by atoms with van der Waals surface area (Å²) in [6.07, 6.45) is 7.19. The molecule has 3 aliphatic rings. The maximum absolute atomic E-state index is 12.9. The number of piperazine rings is 1. The summed E-state index contributed by atoms with van der Waals surface area (Å²) in [5.74, 6) is 1.11. The zero-order chi connectivity index (χ0) is 14.3. The molecule has 4 heteroatoms. The molecule has 0 aromatic rings. The fourth-order valence-corrected chi connectivity index (χ4v) is 4.38. The minimum Gasteiger partial charge on any atom is -0.329 e. The molecule has 1 saturated carbocycles. The third-order valence-electron chi connectivity index (χ3n) is 5.39. The van der Waals surface area contributed by atoms with Crippen molar-refractivity contribution in [3.05, 3.63) is 0 Å². The molecule has 3 rings (SSSR count). The number of rotatable bonds is 2. The molecule has 0 aromatic heterocycles. The number of hydrogen-bond donors (Lipinski definition) is 0. The van der Waals surface area contributed by atoms with Crippen LogP contribution < -0.4 is 0 Å². The van der Waals surface area contributed by atoms with Crippen LogP contribution in [0.3, 0.4) is 0 Å². The molecule has 2 heterocycles. The molecule has 0 bridgehead atoms. The summed E-state index contributed by atoms with van der Waals surface area (Å²) in [4.78, 5) is 29.3. The van der Waals surface area contributed by atoms with Crippen LogP contribution in [0.15, 0.2) is 0 Å². The van der Waals surface area contributed by atoms with Gasteiger partial charge in [0.15, 0.2) is 0 Å². The summed E-state index contributed by atoms with van der Waals surface area (Å²) >= 11 is 0. The first kappa shape index (κ1) is 13.9. The molecule has 0 radical (unpaired) electrons. The minimum absolute atomic E-state index is 0.150. The molecular weight excluding hydrogens is 252 g/mol. The number of hydrogen-bond acceptors (Lipinski definition) is 2. The second-order valence-electron chi connectivity index (χ2n) is 6.78. The van der Waals surface area contributed by atoms with Crippen molar-refractivity contribution in [2.24, 2.45) is 5.92 Å². The van der Waals surface area contributed by atoms with Crippen molar-refractivity contribution in [3.8, 4) is 0 Å². The van der Waals surface area contributed by atoms with Crippen LogP contribution in [0.4, 0.5) is 0 Å². The Morgan fingerprint density at radius 2 is 1.90 bits per heavy atom. The highest BCUT2D eigenvalue weighted by molar-refractivity contribution is 5.97. The lowest BCUT2D eigenvalue weighted by Crippen LogP contribution is -2.65. The molecule has 4 unspecified atom stereocenters. The molecule has 0 N–H and O–H groups in total. The van der Waals surface area contributed by atoms with Gasteiger partial charge in [-0.2, -0.15) is 0 Å². The van der Waals surface area contributed by atoms with Crippen LogP contribution in [0, 0.1) is 5.92 Å². The van der Waals surface area contributed by atoms with Gasteiger partial charge in [0.1, 0.15) is 12.1 Å². The molecule has 4 atom stereocenters. The Bertz CT molecular complexity index is 409. The normalized spacial score (nSPS) is 38.3. The van der Waals surface area contributed by atoms with Gasteiger partial charge in [-0.1, -0.05) is 26.7 Å². The van der Waals surface area contributed by atoms with Crippen molar-refractivity contribution in [2.45, 2.75) is 76.9 Å². The molecule has 4 nitrogen and oxygen atoms in total. The second-order valence-corrected chi connectivity index (χ2v) is 6.78. The number of carbonyl (C=O) groups excluding carboxylic acids is 2. The van der Waals surface area contributed by atoms with E-state index in [0.717, 1.165) is 38.6 Å². The molecule has 20 heavy (non-hydrogen) atoms. The number of fused-ring (bicyclic) bond motifs is 1. The van der Waals surface area contributed by atoms with Gasteiger partial charge in [-0.25, -0.2) is 0 Å². The van der Waals surface area contributed by atoms with E-state index in [1.165, 1.54) is 12.8 Å². The third kappa shape index (κ3) is 2.13. The van der Waals surface area contributed by atoms with E-state index in [4.69, 9.17) is 0 Å². The van der Waals surface area contributed by atoms with E-state index in [2.05, 4.69) is 6.92 Å². The Kier molecular flexibility index (Phi) is 3.74. The van der Waals surface area contributed by atoms with E-state index in [9.17, 15) is 9.59 Å². The monoisotopic (exact) mass is 278 g/mol. The van der Waals surface area contributed by atoms with Gasteiger partial charge in [0.2, 0.25) is 11.8 Å². The predicted molar refractivity (Wildman–Crippen MR) is 77.1 cm³/mol. The van der Waals surface area contributed by atoms with Crippen molar-refractivity contribution >= 4 is 11.8 Å². The Morgan fingerprint density at radius 3 is 2.60 bits per heavy atom. The van der Waals surface area contributed by atoms with Gasteiger partial charge in [-0.15, -0.1) is 0 Å². The van der Waals surface area contributed by atoms with Gasteiger partial charge in [-0.3, -0.25) is 9.59 Å². The lowest BCUT2D eigenvalue weighted by Gasteiger charge is -2.47. The SMILES string of the molecule is CCC1C(=O)N2CCCC2C(=O)N1C1CCCC(C)C1. The number of carbonyl (C=O) groups is 2. The minimum atomic E-state index is -0.202. The highest BCUT2D eigenvalue weighted by Crippen LogP contribution is 2.35. The van der Waals surface area contributed by atoms with E-state index in [-0.39, 0.29) is 23.9 Å². The summed E-state index contributed by atoms with van der Waals surface area (Å²) in [6, 6.07) is -0.0578. The van der Waals surface area contributed by atoms with Gasteiger partial charge < -0.3 is 9.80 Å². The third-order valence-corrected chi connectivity index (χ3v) is 5.39. The van der Waals surface area contributed by atoms with Crippen LogP contribution in [0.1, 0.15) is 58.8 Å². The highest BCUT2D eigenvalue weighted by atomic mass is 16.2. The van der Waals surface area contributed by atoms with E-state index >= 15 is 0 Å². The molecule has 2 saturated heterocycles. The van der Waals surface area contributed by atoms with Gasteiger partial charge in [0.25, 0.3) is 0 Å². The van der Waals surface area contributed by atoms with Crippen molar-refractivity contribution in [1.29, 1.82) is 0 Å². The number of nitrogens with zero attached hydrogens (tertiary/aromatic N) is 2. The molecule has 1 aliphatic carbocycles. The standard InChI is InChI=1S/C16H26N2O2/c1-3-13-15(19)17-9-5-8-14(17)16(20)18(13)12-7-4-6-11(2)10-12/h11-14H,3-10H2,1-2H3. The Hall–Kier alpha value is -1.06. The topological polar surface area (TPSA) is 40.6 Å². The molecule has 2 amide bonds. The van der Waals surface area contributed by atoms with Gasteiger partial charge >= 0.3 is 0 Å². The molecule has 2 aliphatic heterocycles. The fourth-order valence-electron chi connectivity index (χ4n) is 4.38. The van der Waals surface area contributed by atoms with Crippen LogP contribution in [-0.4, -0.2) is 46.3 Å². The van der Waals surface area contributed by atoms with Gasteiger partial charge in [-0.05, 0) is 38.0 Å². The summed E-state index contributed by atoms with van der Waals surface area (Å²) < 4.78 is 0. The van der Waals surface area contributed by atoms with Crippen LogP contribution >= 0.6 is 0 Å². The maximum atomic E-state index is 12.9. The average molecular weight is 278 g/mol. The molecule has 0 spiro atoms. The van der Waals surface area contributed by atoms with Crippen LogP contribution in [0.2, 0.25) is 0 Å². The Labute approximate surface area is 121 Å². The highest BCUT2D eigenvalue weighted by Gasteiger charge is 2.49. The lowest BCUT2D eigenvalue weighted by molar-refractivity contribution is -0.163. The molecular formula is C16H26N2O2. The zero-order valence-electron chi connectivity index (χ0n) is 12.7. The quantitative estimate of drug-likeness (QED) is 0.777. The van der Waals surface area contributed by atoms with Crippen molar-refractivity contribution in [2.75, 3.05) is 6.54 Å². The molecule has 112 valence electrons. The first-order valence-corrected chi connectivity index (χ1v) is 8.26. The predicted octanol–water partition coefficient (Wildman–Crippen LogP) is 2.18. The van der Waals surface area contributed by atoms with Crippen molar-refractivity contribution in [1.82, 2.24) is 9.80 Å². The van der Waals surface area contributed by atoms with Crippen molar-refractivity contribution in [3.63, 3.8) is 0 Å². The van der Waals surface area contributed by atoms with Crippen LogP contribution in [0.5, 0.6) is 0 Å². The van der Waals surface area contributed by atoms with Gasteiger partial charge in [0, 0.05) is 12.6 Å². The van der Waals surface area contributed by atoms with Crippen LogP contribution in [0.25, 0.3) is 0 Å². The Morgan fingerprint density at radius 1 is 1.10 bits per heavy atom. The lowest BCUT2D eigenvalue weighted by atomic mass is 9.84. The zero-order valence-corrected chi connectivity index (χ0v) is 12.7. The number of amides is 2. The summed E-state index contributed by atoms with van der Waals surface area (Å²) in [5.41, 5.74) is 0. The Balaban J connectivity index is 1.86. The van der Waals surface area contributed by atoms with Crippen LogP contribution in [-0.2, 0) is 9.59 Å². The first-order chi connectivity index (χ1) is 9.63. The smallest absolute Gasteiger partial charge is 0.246 e. The van der Waals surface area contributed by atoms with Crippen molar-refractivity contribution < 1.29 is 9.59 Å². The first-order valence-electron chi connectivity index (χ1n) is 8.26. The van der Waals surface area contributed by atoms with E-state index in [1.807, 2.05) is 16.7 Å². The maximum Gasteiger partial charge on any atom is 0.246 e. The summed E-state index contributed by atoms with van der Waals surface area (Å²) in [6.45, 7) is 5.08. The summed E-state index contributed by atoms with van der Waals surface area (Å²) in [5, 5.41) is 0. The summed E-state index contributed by atoms with van der Waals surface area (Å²) in [7, 11) is 0.